The summed E-state index contributed by atoms with van der Waals surface area (Å²) in [7, 11) is 1.64. The zero-order valence-corrected chi connectivity index (χ0v) is 6.48. The van der Waals surface area contributed by atoms with E-state index in [4.69, 9.17) is 10.6 Å². The molecule has 3 nitrogen and oxygen atoms in total. The average molecular weight is 159 g/mol. The first-order valence-corrected chi connectivity index (χ1v) is 3.68. The molecule has 1 aromatic heterocycles. The fourth-order valence-electron chi connectivity index (χ4n) is 0.632. The molecule has 56 valence electrons. The van der Waals surface area contributed by atoms with Crippen molar-refractivity contribution in [2.24, 2.45) is 5.90 Å². The van der Waals surface area contributed by atoms with Crippen LogP contribution in [0.2, 0.25) is 0 Å². The van der Waals surface area contributed by atoms with Gasteiger partial charge in [0.1, 0.15) is 0 Å². The number of hydrogen-bond acceptors (Lipinski definition) is 4. The predicted octanol–water partition coefficient (Wildman–Crippen LogP) is 1.15. The van der Waals surface area contributed by atoms with Crippen molar-refractivity contribution in [2.75, 3.05) is 7.11 Å². The lowest BCUT2D eigenvalue weighted by atomic mass is 10.4. The maximum Gasteiger partial charge on any atom is 0.173 e. The maximum atomic E-state index is 4.96. The Morgan fingerprint density at radius 3 is 3.00 bits per heavy atom. The molecule has 0 aromatic carbocycles. The molecule has 0 spiro atoms. The average Bonchev–Trinajstić information content (AvgIpc) is 2.37. The van der Waals surface area contributed by atoms with Gasteiger partial charge < -0.3 is 4.74 Å². The van der Waals surface area contributed by atoms with Crippen LogP contribution in [0.5, 0.6) is 5.06 Å². The molecule has 0 saturated heterocycles. The molecular weight excluding hydrogens is 150 g/mol. The molecule has 4 heteroatoms. The number of hydrogen-bond donors (Lipinski definition) is 1. The van der Waals surface area contributed by atoms with Crippen molar-refractivity contribution < 1.29 is 9.57 Å². The van der Waals surface area contributed by atoms with Gasteiger partial charge in [0.25, 0.3) is 0 Å². The van der Waals surface area contributed by atoms with Crippen molar-refractivity contribution in [3.63, 3.8) is 0 Å². The quantitative estimate of drug-likeness (QED) is 0.673. The molecule has 0 fully saturated rings. The van der Waals surface area contributed by atoms with Crippen LogP contribution in [0.15, 0.2) is 11.4 Å². The first kappa shape index (κ1) is 7.53. The lowest BCUT2D eigenvalue weighted by Gasteiger charge is -1.91. The SMILES string of the molecule is COc1cc(CON)cs1. The number of methoxy groups -OCH3 is 1. The summed E-state index contributed by atoms with van der Waals surface area (Å²) in [6, 6.07) is 1.90. The zero-order chi connectivity index (χ0) is 7.40. The third kappa shape index (κ3) is 1.70. The molecule has 0 aliphatic carbocycles. The fraction of sp³-hybridized carbons (Fsp3) is 0.333. The summed E-state index contributed by atoms with van der Waals surface area (Å²) in [4.78, 5) is 4.44. The van der Waals surface area contributed by atoms with Gasteiger partial charge in [0.2, 0.25) is 0 Å². The van der Waals surface area contributed by atoms with Gasteiger partial charge >= 0.3 is 0 Å². The van der Waals surface area contributed by atoms with E-state index in [1.807, 2.05) is 11.4 Å². The Morgan fingerprint density at radius 1 is 1.70 bits per heavy atom. The first-order valence-electron chi connectivity index (χ1n) is 2.80. The third-order valence-corrected chi connectivity index (χ3v) is 2.02. The lowest BCUT2D eigenvalue weighted by Crippen LogP contribution is -1.96. The summed E-state index contributed by atoms with van der Waals surface area (Å²) >= 11 is 1.53. The molecule has 0 amide bonds. The Balaban J connectivity index is 2.59. The zero-order valence-electron chi connectivity index (χ0n) is 5.66. The van der Waals surface area contributed by atoms with Crippen molar-refractivity contribution >= 4 is 11.3 Å². The van der Waals surface area contributed by atoms with Crippen molar-refractivity contribution in [1.29, 1.82) is 0 Å². The van der Waals surface area contributed by atoms with E-state index in [9.17, 15) is 0 Å². The molecule has 0 aliphatic heterocycles. The van der Waals surface area contributed by atoms with E-state index in [1.54, 1.807) is 7.11 Å². The van der Waals surface area contributed by atoms with E-state index in [1.165, 1.54) is 11.3 Å². The van der Waals surface area contributed by atoms with E-state index in [0.29, 0.717) is 6.61 Å². The summed E-state index contributed by atoms with van der Waals surface area (Å²) in [5, 5.41) is 2.83. The number of rotatable bonds is 3. The van der Waals surface area contributed by atoms with E-state index in [-0.39, 0.29) is 0 Å². The lowest BCUT2D eigenvalue weighted by molar-refractivity contribution is 0.124. The second-order valence-corrected chi connectivity index (χ2v) is 2.66. The van der Waals surface area contributed by atoms with Gasteiger partial charge in [-0.3, -0.25) is 4.84 Å². The summed E-state index contributed by atoms with van der Waals surface area (Å²) in [6.45, 7) is 0.444. The van der Waals surface area contributed by atoms with Crippen molar-refractivity contribution in [2.45, 2.75) is 6.61 Å². The van der Waals surface area contributed by atoms with Gasteiger partial charge in [0, 0.05) is 5.38 Å². The molecular formula is C6H9NO2S. The monoisotopic (exact) mass is 159 g/mol. The minimum atomic E-state index is 0.444. The predicted molar refractivity (Wildman–Crippen MR) is 39.8 cm³/mol. The molecule has 0 bridgehead atoms. The molecule has 0 radical (unpaired) electrons. The molecule has 1 rings (SSSR count). The van der Waals surface area contributed by atoms with Crippen LogP contribution in [0.1, 0.15) is 5.56 Å². The highest BCUT2D eigenvalue weighted by atomic mass is 32.1. The summed E-state index contributed by atoms with van der Waals surface area (Å²) in [5.74, 6) is 4.88. The van der Waals surface area contributed by atoms with Crippen LogP contribution in [0.4, 0.5) is 0 Å². The van der Waals surface area contributed by atoms with E-state index >= 15 is 0 Å². The van der Waals surface area contributed by atoms with Crippen molar-refractivity contribution in [1.82, 2.24) is 0 Å². The fourth-order valence-corrected chi connectivity index (χ4v) is 1.35. The van der Waals surface area contributed by atoms with Crippen molar-refractivity contribution in [3.05, 3.63) is 17.0 Å². The highest BCUT2D eigenvalue weighted by Gasteiger charge is 1.97. The smallest absolute Gasteiger partial charge is 0.173 e. The normalized spacial score (nSPS) is 9.80. The van der Waals surface area contributed by atoms with Crippen LogP contribution in [0.3, 0.4) is 0 Å². The molecule has 0 atom stereocenters. The number of ether oxygens (including phenoxy) is 1. The molecule has 0 saturated carbocycles. The van der Waals surface area contributed by atoms with Gasteiger partial charge in [0.15, 0.2) is 5.06 Å². The van der Waals surface area contributed by atoms with Crippen LogP contribution in [0, 0.1) is 0 Å². The second kappa shape index (κ2) is 3.55. The minimum absolute atomic E-state index is 0.444. The summed E-state index contributed by atoms with van der Waals surface area (Å²) in [5.41, 5.74) is 1.05. The van der Waals surface area contributed by atoms with E-state index in [2.05, 4.69) is 4.84 Å². The van der Waals surface area contributed by atoms with Gasteiger partial charge in [-0.25, -0.2) is 5.90 Å². The second-order valence-electron chi connectivity index (χ2n) is 1.79. The first-order chi connectivity index (χ1) is 4.86. The minimum Gasteiger partial charge on any atom is -0.487 e. The van der Waals surface area contributed by atoms with E-state index in [0.717, 1.165) is 10.6 Å². The van der Waals surface area contributed by atoms with Crippen LogP contribution in [0.25, 0.3) is 0 Å². The topological polar surface area (TPSA) is 44.5 Å². The van der Waals surface area contributed by atoms with Gasteiger partial charge in [-0.15, -0.1) is 11.3 Å². The Hall–Kier alpha value is -0.580. The Morgan fingerprint density at radius 2 is 2.50 bits per heavy atom. The van der Waals surface area contributed by atoms with Crippen molar-refractivity contribution in [3.8, 4) is 5.06 Å². The number of nitrogens with two attached hydrogens (primary N) is 1. The van der Waals surface area contributed by atoms with Gasteiger partial charge in [0.05, 0.1) is 13.7 Å². The van der Waals surface area contributed by atoms with Gasteiger partial charge in [-0.1, -0.05) is 0 Å². The van der Waals surface area contributed by atoms with Crippen LogP contribution in [-0.2, 0) is 11.4 Å². The largest absolute Gasteiger partial charge is 0.487 e. The van der Waals surface area contributed by atoms with Crippen LogP contribution < -0.4 is 10.6 Å². The maximum absolute atomic E-state index is 4.96. The number of thiophene rings is 1. The Kier molecular flexibility index (Phi) is 2.68. The van der Waals surface area contributed by atoms with E-state index < -0.39 is 0 Å². The molecule has 1 heterocycles. The molecule has 0 unspecified atom stereocenters. The van der Waals surface area contributed by atoms with Crippen LogP contribution in [-0.4, -0.2) is 7.11 Å². The molecule has 1 aromatic rings. The van der Waals surface area contributed by atoms with Gasteiger partial charge in [-0.05, 0) is 11.6 Å². The van der Waals surface area contributed by atoms with Gasteiger partial charge in [-0.2, -0.15) is 0 Å². The molecule has 0 aliphatic rings. The molecule has 2 N–H and O–H groups in total. The van der Waals surface area contributed by atoms with Crippen LogP contribution >= 0.6 is 11.3 Å². The Bertz CT molecular complexity index is 199. The molecule has 10 heavy (non-hydrogen) atoms. The summed E-state index contributed by atoms with van der Waals surface area (Å²) in [6.07, 6.45) is 0. The standard InChI is InChI=1S/C6H9NO2S/c1-8-6-2-5(3-9-7)4-10-6/h2,4H,3,7H2,1H3. The summed E-state index contributed by atoms with van der Waals surface area (Å²) < 4.78 is 4.96. The Labute approximate surface area is 63.3 Å². The third-order valence-electron chi connectivity index (χ3n) is 1.08. The highest BCUT2D eigenvalue weighted by molar-refractivity contribution is 7.12. The highest BCUT2D eigenvalue weighted by Crippen LogP contribution is 2.22.